The van der Waals surface area contributed by atoms with Crippen molar-refractivity contribution in [2.75, 3.05) is 32.7 Å². The molecular weight excluding hydrogens is 268 g/mol. The van der Waals surface area contributed by atoms with Crippen molar-refractivity contribution in [3.05, 3.63) is 42.0 Å². The average Bonchev–Trinajstić information content (AvgIpc) is 2.86. The van der Waals surface area contributed by atoms with Crippen molar-refractivity contribution >= 4 is 6.08 Å². The van der Waals surface area contributed by atoms with Gasteiger partial charge in [-0.2, -0.15) is 0 Å². The van der Waals surface area contributed by atoms with E-state index in [4.69, 9.17) is 0 Å². The first-order valence-electron chi connectivity index (χ1n) is 9.10. The number of hydrogen-bond donors (Lipinski definition) is 0. The smallest absolute Gasteiger partial charge is 0.0167 e. The molecule has 1 heterocycles. The fraction of sp³-hybridized carbons (Fsp3) is 0.600. The average molecular weight is 298 g/mol. The van der Waals surface area contributed by atoms with E-state index in [2.05, 4.69) is 52.3 Å². The van der Waals surface area contributed by atoms with E-state index in [1.807, 2.05) is 0 Å². The molecule has 1 saturated heterocycles. The topological polar surface area (TPSA) is 6.48 Å². The van der Waals surface area contributed by atoms with Gasteiger partial charge in [0.1, 0.15) is 0 Å². The zero-order valence-electron chi connectivity index (χ0n) is 13.8. The lowest BCUT2D eigenvalue weighted by Crippen LogP contribution is -2.50. The normalized spacial score (nSPS) is 22.9. The molecule has 0 spiro atoms. The van der Waals surface area contributed by atoms with Crippen molar-refractivity contribution in [2.24, 2.45) is 0 Å². The lowest BCUT2D eigenvalue weighted by Gasteiger charge is -2.38. The molecule has 2 aliphatic rings. The third-order valence-electron chi connectivity index (χ3n) is 5.22. The molecule has 3 rings (SSSR count). The van der Waals surface area contributed by atoms with Crippen LogP contribution in [0.3, 0.4) is 0 Å². The van der Waals surface area contributed by atoms with Gasteiger partial charge in [-0.3, -0.25) is 9.80 Å². The Morgan fingerprint density at radius 2 is 1.55 bits per heavy atom. The predicted octanol–water partition coefficient (Wildman–Crippen LogP) is 4.04. The maximum Gasteiger partial charge on any atom is 0.0167 e. The summed E-state index contributed by atoms with van der Waals surface area (Å²) in [7, 11) is 0. The maximum atomic E-state index is 2.77. The number of nitrogens with zero attached hydrogens (tertiary/aromatic N) is 2. The second-order valence-corrected chi connectivity index (χ2v) is 6.80. The van der Waals surface area contributed by atoms with E-state index in [1.165, 1.54) is 70.3 Å². The second kappa shape index (κ2) is 8.50. The summed E-state index contributed by atoms with van der Waals surface area (Å²) in [6, 6.07) is 11.5. The molecule has 1 aliphatic heterocycles. The van der Waals surface area contributed by atoms with Crippen molar-refractivity contribution in [1.82, 2.24) is 9.80 Å². The lowest BCUT2D eigenvalue weighted by molar-refractivity contribution is 0.0956. The Hall–Kier alpha value is -1.12. The highest BCUT2D eigenvalue weighted by Gasteiger charge is 2.23. The molecule has 2 fully saturated rings. The third-order valence-corrected chi connectivity index (χ3v) is 5.22. The summed E-state index contributed by atoms with van der Waals surface area (Å²) in [5.41, 5.74) is 1.31. The largest absolute Gasteiger partial charge is 0.298 e. The van der Waals surface area contributed by atoms with Crippen LogP contribution in [0.25, 0.3) is 6.08 Å². The molecule has 0 radical (unpaired) electrons. The molecule has 120 valence electrons. The van der Waals surface area contributed by atoms with E-state index in [9.17, 15) is 0 Å². The first-order chi connectivity index (χ1) is 10.9. The van der Waals surface area contributed by atoms with E-state index in [1.54, 1.807) is 0 Å². The van der Waals surface area contributed by atoms with E-state index in [-0.39, 0.29) is 0 Å². The Morgan fingerprint density at radius 1 is 0.864 bits per heavy atom. The Labute approximate surface area is 135 Å². The minimum atomic E-state index is 0.879. The van der Waals surface area contributed by atoms with Crippen LogP contribution < -0.4 is 0 Å². The van der Waals surface area contributed by atoms with E-state index < -0.39 is 0 Å². The zero-order chi connectivity index (χ0) is 15.0. The van der Waals surface area contributed by atoms with Crippen LogP contribution in [0.2, 0.25) is 0 Å². The van der Waals surface area contributed by atoms with E-state index in [0.717, 1.165) is 12.6 Å². The molecule has 1 saturated carbocycles. The number of hydrogen-bond acceptors (Lipinski definition) is 2. The molecule has 0 N–H and O–H groups in total. The molecule has 0 aromatic heterocycles. The van der Waals surface area contributed by atoms with Gasteiger partial charge in [0, 0.05) is 38.8 Å². The molecule has 0 amide bonds. The summed E-state index contributed by atoms with van der Waals surface area (Å²) in [6.07, 6.45) is 13.3. The molecule has 0 unspecified atom stereocenters. The third kappa shape index (κ3) is 4.69. The minimum absolute atomic E-state index is 0.879. The summed E-state index contributed by atoms with van der Waals surface area (Å²) in [4.78, 5) is 5.36. The van der Waals surface area contributed by atoms with Crippen LogP contribution in [-0.2, 0) is 0 Å². The quantitative estimate of drug-likeness (QED) is 0.774. The summed E-state index contributed by atoms with van der Waals surface area (Å²) >= 11 is 0. The van der Waals surface area contributed by atoms with Crippen molar-refractivity contribution in [3.63, 3.8) is 0 Å². The molecule has 2 nitrogen and oxygen atoms in total. The highest BCUT2D eigenvalue weighted by atomic mass is 15.3. The molecule has 0 atom stereocenters. The molecule has 1 aromatic carbocycles. The Kier molecular flexibility index (Phi) is 6.09. The van der Waals surface area contributed by atoms with Gasteiger partial charge >= 0.3 is 0 Å². The van der Waals surface area contributed by atoms with Gasteiger partial charge in [-0.25, -0.2) is 0 Å². The maximum absolute atomic E-state index is 2.77. The van der Waals surface area contributed by atoms with Crippen LogP contribution >= 0.6 is 0 Å². The van der Waals surface area contributed by atoms with Gasteiger partial charge in [0.05, 0.1) is 0 Å². The molecule has 2 heteroatoms. The van der Waals surface area contributed by atoms with Crippen LogP contribution in [-0.4, -0.2) is 48.6 Å². The van der Waals surface area contributed by atoms with Crippen LogP contribution in [0, 0.1) is 0 Å². The first kappa shape index (κ1) is 15.8. The van der Waals surface area contributed by atoms with Crippen LogP contribution in [0.1, 0.15) is 44.1 Å². The molecular formula is C20H30N2. The Bertz CT molecular complexity index is 438. The summed E-state index contributed by atoms with van der Waals surface area (Å²) in [5.74, 6) is 0. The second-order valence-electron chi connectivity index (χ2n) is 6.80. The fourth-order valence-electron chi connectivity index (χ4n) is 3.84. The zero-order valence-corrected chi connectivity index (χ0v) is 13.8. The van der Waals surface area contributed by atoms with Gasteiger partial charge in [-0.1, -0.05) is 68.2 Å². The Balaban J connectivity index is 1.41. The van der Waals surface area contributed by atoms with E-state index in [0.29, 0.717) is 0 Å². The lowest BCUT2D eigenvalue weighted by atomic mass is 10.1. The molecule has 0 bridgehead atoms. The predicted molar refractivity (Wildman–Crippen MR) is 95.0 cm³/mol. The van der Waals surface area contributed by atoms with Gasteiger partial charge in [0.15, 0.2) is 0 Å². The number of piperazine rings is 1. The van der Waals surface area contributed by atoms with Crippen molar-refractivity contribution in [1.29, 1.82) is 0 Å². The highest BCUT2D eigenvalue weighted by molar-refractivity contribution is 5.48. The summed E-state index contributed by atoms with van der Waals surface area (Å²) < 4.78 is 0. The van der Waals surface area contributed by atoms with Crippen molar-refractivity contribution < 1.29 is 0 Å². The van der Waals surface area contributed by atoms with Crippen LogP contribution in [0.4, 0.5) is 0 Å². The number of benzene rings is 1. The molecule has 22 heavy (non-hydrogen) atoms. The monoisotopic (exact) mass is 298 g/mol. The van der Waals surface area contributed by atoms with Crippen LogP contribution in [0.15, 0.2) is 36.4 Å². The standard InChI is InChI=1S/C20H30N2/c1-2-7-13-20(12-6-1)22-17-15-21(16-18-22)14-8-11-19-9-4-3-5-10-19/h3-5,8-11,20H,1-2,6-7,12-18H2/b11-8+. The summed E-state index contributed by atoms with van der Waals surface area (Å²) in [5, 5.41) is 0. The minimum Gasteiger partial charge on any atom is -0.298 e. The van der Waals surface area contributed by atoms with Gasteiger partial charge in [0.2, 0.25) is 0 Å². The fourth-order valence-corrected chi connectivity index (χ4v) is 3.84. The van der Waals surface area contributed by atoms with E-state index >= 15 is 0 Å². The van der Waals surface area contributed by atoms with Crippen LogP contribution in [0.5, 0.6) is 0 Å². The summed E-state index contributed by atoms with van der Waals surface area (Å²) in [6.45, 7) is 6.09. The number of rotatable bonds is 4. The van der Waals surface area contributed by atoms with Crippen molar-refractivity contribution in [2.45, 2.75) is 44.6 Å². The SMILES string of the molecule is C(=C\c1ccccc1)/CN1CCN(C2CCCCCC2)CC1. The highest BCUT2D eigenvalue weighted by Crippen LogP contribution is 2.22. The van der Waals surface area contributed by atoms with Crippen molar-refractivity contribution in [3.8, 4) is 0 Å². The van der Waals surface area contributed by atoms with Gasteiger partial charge < -0.3 is 0 Å². The molecule has 1 aliphatic carbocycles. The van der Waals surface area contributed by atoms with Gasteiger partial charge in [0.25, 0.3) is 0 Å². The Morgan fingerprint density at radius 3 is 2.23 bits per heavy atom. The van der Waals surface area contributed by atoms with Gasteiger partial charge in [-0.15, -0.1) is 0 Å². The molecule has 1 aromatic rings. The first-order valence-corrected chi connectivity index (χ1v) is 9.10. The van der Waals surface area contributed by atoms with Gasteiger partial charge in [-0.05, 0) is 18.4 Å².